The van der Waals surface area contributed by atoms with Crippen molar-refractivity contribution in [3.63, 3.8) is 0 Å². The molecular formula is C15H19N3O3S. The van der Waals surface area contributed by atoms with Gasteiger partial charge in [-0.2, -0.15) is 0 Å². The summed E-state index contributed by atoms with van der Waals surface area (Å²) >= 11 is 1.54. The number of hydrogen-bond donors (Lipinski definition) is 2. The highest BCUT2D eigenvalue weighted by atomic mass is 32.1. The molecule has 1 aliphatic heterocycles. The number of nitrogens with one attached hydrogen (secondary N) is 2. The fraction of sp³-hybridized carbons (Fsp3) is 0.467. The summed E-state index contributed by atoms with van der Waals surface area (Å²) in [6, 6.07) is 3.38. The monoisotopic (exact) mass is 321 g/mol. The van der Waals surface area contributed by atoms with E-state index >= 15 is 0 Å². The molecule has 0 aromatic carbocycles. The van der Waals surface area contributed by atoms with Gasteiger partial charge >= 0.3 is 0 Å². The van der Waals surface area contributed by atoms with Crippen molar-refractivity contribution >= 4 is 22.4 Å². The van der Waals surface area contributed by atoms with E-state index in [1.807, 2.05) is 6.20 Å². The number of rotatable bonds is 5. The van der Waals surface area contributed by atoms with E-state index in [1.54, 1.807) is 30.6 Å². The molecule has 1 amide bonds. The lowest BCUT2D eigenvalue weighted by molar-refractivity contribution is 0.0987. The predicted molar refractivity (Wildman–Crippen MR) is 84.3 cm³/mol. The maximum Gasteiger partial charge on any atom is 0.293 e. The molecule has 1 aliphatic rings. The third-order valence-electron chi connectivity index (χ3n) is 3.66. The largest absolute Gasteiger partial charge is 0.453 e. The molecule has 0 bridgehead atoms. The molecule has 0 saturated carbocycles. The summed E-state index contributed by atoms with van der Waals surface area (Å²) in [5.41, 5.74) is 0. The molecule has 7 heteroatoms. The van der Waals surface area contributed by atoms with Gasteiger partial charge in [0.2, 0.25) is 0 Å². The molecule has 0 unspecified atom stereocenters. The Morgan fingerprint density at radius 2 is 2.32 bits per heavy atom. The number of nitrogens with zero attached hydrogens (tertiary/aromatic N) is 1. The Morgan fingerprint density at radius 3 is 3.09 bits per heavy atom. The number of thiazole rings is 1. The quantitative estimate of drug-likeness (QED) is 0.885. The topological polar surface area (TPSA) is 76.4 Å². The molecule has 118 valence electrons. The Hall–Kier alpha value is -1.70. The molecule has 6 nitrogen and oxygen atoms in total. The molecule has 1 fully saturated rings. The normalized spacial score (nSPS) is 15.9. The van der Waals surface area contributed by atoms with E-state index in [-0.39, 0.29) is 11.7 Å². The molecular weight excluding hydrogens is 302 g/mol. The Morgan fingerprint density at radius 1 is 1.50 bits per heavy atom. The Balaban J connectivity index is 1.62. The van der Waals surface area contributed by atoms with E-state index in [9.17, 15) is 4.79 Å². The Bertz CT molecular complexity index is 632. The van der Waals surface area contributed by atoms with Gasteiger partial charge in [0.1, 0.15) is 12.4 Å². The summed E-state index contributed by atoms with van der Waals surface area (Å²) in [7, 11) is 1.58. The predicted octanol–water partition coefficient (Wildman–Crippen LogP) is 2.60. The van der Waals surface area contributed by atoms with Crippen molar-refractivity contribution < 1.29 is 13.9 Å². The number of methoxy groups -OCH3 is 1. The fourth-order valence-corrected chi connectivity index (χ4v) is 3.50. The highest BCUT2D eigenvalue weighted by Gasteiger charge is 2.19. The summed E-state index contributed by atoms with van der Waals surface area (Å²) in [5.74, 6) is 1.16. The van der Waals surface area contributed by atoms with Gasteiger partial charge < -0.3 is 14.5 Å². The van der Waals surface area contributed by atoms with Gasteiger partial charge in [-0.05, 0) is 44.0 Å². The van der Waals surface area contributed by atoms with E-state index in [4.69, 9.17) is 9.15 Å². The van der Waals surface area contributed by atoms with Gasteiger partial charge in [-0.3, -0.25) is 10.1 Å². The standard InChI is InChI=1S/C15H19N3O3S/c1-20-9-11-2-3-12(21-11)14(19)18-15-17-8-13(22-15)10-4-6-16-7-5-10/h2-3,8,10,16H,4-7,9H2,1H3,(H,17,18,19). The summed E-state index contributed by atoms with van der Waals surface area (Å²) in [4.78, 5) is 17.7. The van der Waals surface area contributed by atoms with Gasteiger partial charge in [-0.1, -0.05) is 0 Å². The van der Waals surface area contributed by atoms with Crippen LogP contribution in [0.4, 0.5) is 5.13 Å². The second kappa shape index (κ2) is 7.04. The van der Waals surface area contributed by atoms with Gasteiger partial charge in [0, 0.05) is 18.2 Å². The van der Waals surface area contributed by atoms with Gasteiger partial charge in [0.25, 0.3) is 5.91 Å². The van der Waals surface area contributed by atoms with Crippen molar-refractivity contribution in [3.05, 3.63) is 34.7 Å². The van der Waals surface area contributed by atoms with E-state index < -0.39 is 0 Å². The number of amides is 1. The van der Waals surface area contributed by atoms with Crippen LogP contribution in [0.2, 0.25) is 0 Å². The van der Waals surface area contributed by atoms with Gasteiger partial charge in [0.15, 0.2) is 10.9 Å². The zero-order chi connectivity index (χ0) is 15.4. The van der Waals surface area contributed by atoms with Crippen LogP contribution in [0.3, 0.4) is 0 Å². The first-order valence-electron chi connectivity index (χ1n) is 7.31. The SMILES string of the molecule is COCc1ccc(C(=O)Nc2ncc(C3CCNCC3)s2)o1. The highest BCUT2D eigenvalue weighted by molar-refractivity contribution is 7.15. The number of piperidine rings is 1. The second-order valence-corrected chi connectivity index (χ2v) is 6.31. The third kappa shape index (κ3) is 3.55. The maximum atomic E-state index is 12.1. The van der Waals surface area contributed by atoms with E-state index in [1.165, 1.54) is 4.88 Å². The number of carbonyl (C=O) groups is 1. The van der Waals surface area contributed by atoms with E-state index in [0.29, 0.717) is 23.4 Å². The third-order valence-corrected chi connectivity index (χ3v) is 4.73. The molecule has 3 rings (SSSR count). The zero-order valence-corrected chi connectivity index (χ0v) is 13.2. The van der Waals surface area contributed by atoms with Gasteiger partial charge in [-0.15, -0.1) is 11.3 Å². The lowest BCUT2D eigenvalue weighted by atomic mass is 9.97. The maximum absolute atomic E-state index is 12.1. The van der Waals surface area contributed by atoms with Crippen molar-refractivity contribution in [2.75, 3.05) is 25.5 Å². The minimum Gasteiger partial charge on any atom is -0.453 e. The second-order valence-electron chi connectivity index (χ2n) is 5.25. The number of furan rings is 1. The average Bonchev–Trinajstić information content (AvgIpc) is 3.18. The van der Waals surface area contributed by atoms with Crippen LogP contribution in [0.1, 0.15) is 40.0 Å². The molecule has 2 N–H and O–H groups in total. The summed E-state index contributed by atoms with van der Waals surface area (Å²) in [6.45, 7) is 2.43. The van der Waals surface area contributed by atoms with Crippen LogP contribution >= 0.6 is 11.3 Å². The van der Waals surface area contributed by atoms with E-state index in [2.05, 4.69) is 15.6 Å². The first-order valence-corrected chi connectivity index (χ1v) is 8.13. The van der Waals surface area contributed by atoms with Crippen molar-refractivity contribution in [1.29, 1.82) is 0 Å². The average molecular weight is 321 g/mol. The summed E-state index contributed by atoms with van der Waals surface area (Å²) in [6.07, 6.45) is 4.11. The molecule has 22 heavy (non-hydrogen) atoms. The molecule has 0 aliphatic carbocycles. The van der Waals surface area contributed by atoms with Crippen molar-refractivity contribution in [2.24, 2.45) is 0 Å². The molecule has 0 spiro atoms. The lowest BCUT2D eigenvalue weighted by Gasteiger charge is -2.20. The van der Waals surface area contributed by atoms with Gasteiger partial charge in [-0.25, -0.2) is 4.98 Å². The number of anilines is 1. The smallest absolute Gasteiger partial charge is 0.293 e. The summed E-state index contributed by atoms with van der Waals surface area (Å²) < 4.78 is 10.4. The minimum absolute atomic E-state index is 0.269. The zero-order valence-electron chi connectivity index (χ0n) is 12.4. The van der Waals surface area contributed by atoms with Crippen LogP contribution in [0.25, 0.3) is 0 Å². The number of hydrogen-bond acceptors (Lipinski definition) is 6. The minimum atomic E-state index is -0.284. The number of ether oxygens (including phenoxy) is 1. The number of carbonyl (C=O) groups excluding carboxylic acids is 1. The first kappa shape index (κ1) is 15.2. The first-order chi connectivity index (χ1) is 10.8. The van der Waals surface area contributed by atoms with Crippen LogP contribution in [0.15, 0.2) is 22.7 Å². The van der Waals surface area contributed by atoms with Crippen LogP contribution < -0.4 is 10.6 Å². The molecule has 0 radical (unpaired) electrons. The van der Waals surface area contributed by atoms with Crippen molar-refractivity contribution in [2.45, 2.75) is 25.4 Å². The molecule has 2 aromatic rings. The van der Waals surface area contributed by atoms with Crippen molar-refractivity contribution in [1.82, 2.24) is 10.3 Å². The fourth-order valence-electron chi connectivity index (χ4n) is 2.52. The molecule has 0 atom stereocenters. The van der Waals surface area contributed by atoms with Crippen LogP contribution in [0.5, 0.6) is 0 Å². The van der Waals surface area contributed by atoms with Gasteiger partial charge in [0.05, 0.1) is 0 Å². The van der Waals surface area contributed by atoms with Crippen LogP contribution in [0, 0.1) is 0 Å². The molecule has 2 aromatic heterocycles. The summed E-state index contributed by atoms with van der Waals surface area (Å²) in [5, 5.41) is 6.75. The van der Waals surface area contributed by atoms with E-state index in [0.717, 1.165) is 25.9 Å². The lowest BCUT2D eigenvalue weighted by Crippen LogP contribution is -2.26. The molecule has 3 heterocycles. The molecule has 1 saturated heterocycles. The Labute approximate surface area is 132 Å². The Kier molecular flexibility index (Phi) is 4.87. The van der Waals surface area contributed by atoms with Crippen LogP contribution in [-0.4, -0.2) is 31.1 Å². The number of aromatic nitrogens is 1. The van der Waals surface area contributed by atoms with Crippen LogP contribution in [-0.2, 0) is 11.3 Å². The van der Waals surface area contributed by atoms with Crippen molar-refractivity contribution in [3.8, 4) is 0 Å². The highest BCUT2D eigenvalue weighted by Crippen LogP contribution is 2.31.